The van der Waals surface area contributed by atoms with Crippen molar-refractivity contribution >= 4 is 16.5 Å². The first-order chi connectivity index (χ1) is 12.4. The lowest BCUT2D eigenvalue weighted by molar-refractivity contribution is -0.122. The van der Waals surface area contributed by atoms with E-state index >= 15 is 0 Å². The Bertz CT molecular complexity index is 807. The lowest BCUT2D eigenvalue weighted by Gasteiger charge is -2.22. The lowest BCUT2D eigenvalue weighted by Crippen LogP contribution is -2.34. The fourth-order valence-corrected chi connectivity index (χ4v) is 3.14. The van der Waals surface area contributed by atoms with Crippen LogP contribution in [0.2, 0.25) is 0 Å². The van der Waals surface area contributed by atoms with E-state index < -0.39 is 10.0 Å². The van der Waals surface area contributed by atoms with Crippen molar-refractivity contribution in [3.63, 3.8) is 0 Å². The van der Waals surface area contributed by atoms with Gasteiger partial charge >= 0.3 is 0 Å². The van der Waals surface area contributed by atoms with E-state index in [0.29, 0.717) is 11.7 Å². The molecule has 0 saturated carbocycles. The molecule has 0 aliphatic heterocycles. The van der Waals surface area contributed by atoms with Gasteiger partial charge < -0.3 is 14.9 Å². The van der Waals surface area contributed by atoms with Crippen LogP contribution in [-0.4, -0.2) is 42.4 Å². The number of rotatable bonds is 6. The van der Waals surface area contributed by atoms with E-state index in [-0.39, 0.29) is 13.0 Å². The second-order valence-electron chi connectivity index (χ2n) is 5.91. The molecule has 0 bridgehead atoms. The number of aryl methyl sites for hydroxylation is 1. The molecule has 0 aromatic carbocycles. The maximum Gasteiger partial charge on any atom is 0.290 e. The molecule has 0 amide bonds. The molecular formula is C16H22N4O5S. The van der Waals surface area contributed by atoms with Crippen LogP contribution in [0.5, 0.6) is 0 Å². The van der Waals surface area contributed by atoms with Crippen LogP contribution in [0.4, 0.5) is 0 Å². The highest BCUT2D eigenvalue weighted by Gasteiger charge is 2.25. The molecule has 0 saturated heterocycles. The zero-order valence-electron chi connectivity index (χ0n) is 14.4. The molecule has 10 heteroatoms. The Morgan fingerprint density at radius 3 is 2.85 bits per heavy atom. The summed E-state index contributed by atoms with van der Waals surface area (Å²) in [7, 11) is -3.24. The van der Waals surface area contributed by atoms with E-state index in [4.69, 9.17) is 14.4 Å². The number of carbonyl (C=O) groups is 1. The third-order valence-corrected chi connectivity index (χ3v) is 4.61. The minimum Gasteiger partial charge on any atom is -0.483 e. The monoisotopic (exact) mass is 382 g/mol. The number of hydrogen-bond acceptors (Lipinski definition) is 7. The smallest absolute Gasteiger partial charge is 0.290 e. The number of aromatic nitrogens is 2. The quantitative estimate of drug-likeness (QED) is 0.614. The second kappa shape index (κ2) is 9.41. The molecule has 2 aromatic rings. The molecule has 2 aromatic heterocycles. The molecule has 1 atom stereocenters. The second-order valence-corrected chi connectivity index (χ2v) is 7.74. The van der Waals surface area contributed by atoms with Crippen LogP contribution in [0, 0.1) is 0 Å². The zero-order valence-corrected chi connectivity index (χ0v) is 15.2. The molecule has 1 aliphatic rings. The van der Waals surface area contributed by atoms with Crippen LogP contribution < -0.4 is 10.0 Å². The predicted octanol–water partition coefficient (Wildman–Crippen LogP) is 0.467. The highest BCUT2D eigenvalue weighted by Crippen LogP contribution is 2.25. The highest BCUT2D eigenvalue weighted by molar-refractivity contribution is 7.88. The summed E-state index contributed by atoms with van der Waals surface area (Å²) in [5.74, 6) is 0.870. The van der Waals surface area contributed by atoms with Gasteiger partial charge in [-0.05, 0) is 24.5 Å². The molecular weight excluding hydrogens is 360 g/mol. The maximum atomic E-state index is 11.2. The van der Waals surface area contributed by atoms with Crippen LogP contribution in [0.3, 0.4) is 0 Å². The first-order valence-corrected chi connectivity index (χ1v) is 9.93. The Hall–Kier alpha value is -2.30. The molecule has 3 N–H and O–H groups in total. The molecule has 3 rings (SSSR count). The SMILES string of the molecule is CS(=O)(=O)NCc1noc2c1CC(NCc1cccnc1)CC2.O=CO. The summed E-state index contributed by atoms with van der Waals surface area (Å²) in [5.41, 5.74) is 2.84. The summed E-state index contributed by atoms with van der Waals surface area (Å²) in [6.07, 6.45) is 7.32. The number of carboxylic acid groups (broad SMARTS) is 1. The third-order valence-electron chi connectivity index (χ3n) is 3.94. The van der Waals surface area contributed by atoms with Crippen molar-refractivity contribution in [1.82, 2.24) is 20.2 Å². The summed E-state index contributed by atoms with van der Waals surface area (Å²) >= 11 is 0. The van der Waals surface area contributed by atoms with Crippen molar-refractivity contribution in [3.8, 4) is 0 Å². The summed E-state index contributed by atoms with van der Waals surface area (Å²) < 4.78 is 30.3. The van der Waals surface area contributed by atoms with Crippen LogP contribution in [-0.2, 0) is 40.7 Å². The van der Waals surface area contributed by atoms with E-state index in [0.717, 1.165) is 49.0 Å². The van der Waals surface area contributed by atoms with E-state index in [9.17, 15) is 8.42 Å². The van der Waals surface area contributed by atoms with Gasteiger partial charge in [0, 0.05) is 37.0 Å². The van der Waals surface area contributed by atoms with Crippen molar-refractivity contribution in [2.75, 3.05) is 6.26 Å². The Kier molecular flexibility index (Phi) is 7.25. The van der Waals surface area contributed by atoms with Crippen molar-refractivity contribution in [1.29, 1.82) is 0 Å². The fraction of sp³-hybridized carbons (Fsp3) is 0.438. The number of nitrogens with zero attached hydrogens (tertiary/aromatic N) is 2. The molecule has 0 spiro atoms. The molecule has 26 heavy (non-hydrogen) atoms. The van der Waals surface area contributed by atoms with Gasteiger partial charge in [0.05, 0.1) is 12.8 Å². The molecule has 1 aliphatic carbocycles. The molecule has 1 unspecified atom stereocenters. The first-order valence-electron chi connectivity index (χ1n) is 8.04. The van der Waals surface area contributed by atoms with Crippen LogP contribution in [0.25, 0.3) is 0 Å². The Labute approximate surface area is 151 Å². The molecule has 0 radical (unpaired) electrons. The Balaban J connectivity index is 0.000000758. The zero-order chi connectivity index (χ0) is 19.0. The molecule has 2 heterocycles. The van der Waals surface area contributed by atoms with E-state index in [1.165, 1.54) is 0 Å². The van der Waals surface area contributed by atoms with E-state index in [1.54, 1.807) is 6.20 Å². The van der Waals surface area contributed by atoms with Crippen LogP contribution >= 0.6 is 0 Å². The number of sulfonamides is 1. The predicted molar refractivity (Wildman–Crippen MR) is 93.8 cm³/mol. The summed E-state index contributed by atoms with van der Waals surface area (Å²) in [6, 6.07) is 4.28. The highest BCUT2D eigenvalue weighted by atomic mass is 32.2. The Morgan fingerprint density at radius 1 is 1.42 bits per heavy atom. The van der Waals surface area contributed by atoms with E-state index in [2.05, 4.69) is 20.2 Å². The van der Waals surface area contributed by atoms with Crippen molar-refractivity contribution < 1.29 is 22.8 Å². The first kappa shape index (κ1) is 20.0. The van der Waals surface area contributed by atoms with Crippen LogP contribution in [0.15, 0.2) is 29.0 Å². The maximum absolute atomic E-state index is 11.2. The normalized spacial score (nSPS) is 16.3. The van der Waals surface area contributed by atoms with Gasteiger partial charge in [-0.1, -0.05) is 11.2 Å². The fourth-order valence-electron chi connectivity index (χ4n) is 2.74. The summed E-state index contributed by atoms with van der Waals surface area (Å²) in [5, 5.41) is 14.4. The number of nitrogens with one attached hydrogen (secondary N) is 2. The third kappa shape index (κ3) is 6.21. The summed E-state index contributed by atoms with van der Waals surface area (Å²) in [6.45, 7) is 0.684. The number of pyridine rings is 1. The Morgan fingerprint density at radius 2 is 2.19 bits per heavy atom. The van der Waals surface area contributed by atoms with Gasteiger partial charge in [-0.25, -0.2) is 13.1 Å². The standard InChI is InChI=1S/C15H20N4O3S.CH2O2/c1-23(20,21)18-10-14-13-7-12(4-5-15(13)22-19-14)17-9-11-3-2-6-16-8-11;2-1-3/h2-3,6,8,12,17-18H,4-5,7,9-10H2,1H3;1H,(H,2,3). The minimum atomic E-state index is -3.24. The van der Waals surface area contributed by atoms with E-state index in [1.807, 2.05) is 18.3 Å². The van der Waals surface area contributed by atoms with Crippen molar-refractivity contribution in [2.24, 2.45) is 0 Å². The average molecular weight is 382 g/mol. The van der Waals surface area contributed by atoms with Gasteiger partial charge in [0.2, 0.25) is 10.0 Å². The van der Waals surface area contributed by atoms with Crippen molar-refractivity contribution in [3.05, 3.63) is 47.1 Å². The van der Waals surface area contributed by atoms with Crippen LogP contribution in [0.1, 0.15) is 29.0 Å². The molecule has 142 valence electrons. The number of hydrogen-bond donors (Lipinski definition) is 3. The lowest BCUT2D eigenvalue weighted by atomic mass is 9.92. The minimum absolute atomic E-state index is 0.174. The molecule has 0 fully saturated rings. The van der Waals surface area contributed by atoms with Crippen molar-refractivity contribution in [2.45, 2.75) is 38.4 Å². The summed E-state index contributed by atoms with van der Waals surface area (Å²) in [4.78, 5) is 12.5. The van der Waals surface area contributed by atoms with Gasteiger partial charge in [-0.2, -0.15) is 0 Å². The topological polar surface area (TPSA) is 134 Å². The van der Waals surface area contributed by atoms with Gasteiger partial charge in [-0.3, -0.25) is 9.78 Å². The molecule has 9 nitrogen and oxygen atoms in total. The number of fused-ring (bicyclic) bond motifs is 1. The van der Waals surface area contributed by atoms with Gasteiger partial charge in [0.1, 0.15) is 11.5 Å². The van der Waals surface area contributed by atoms with Gasteiger partial charge in [0.25, 0.3) is 6.47 Å². The van der Waals surface area contributed by atoms with Gasteiger partial charge in [-0.15, -0.1) is 0 Å². The van der Waals surface area contributed by atoms with Gasteiger partial charge in [0.15, 0.2) is 0 Å². The largest absolute Gasteiger partial charge is 0.483 e. The average Bonchev–Trinajstić information content (AvgIpc) is 3.01.